The van der Waals surface area contributed by atoms with E-state index in [2.05, 4.69) is 0 Å². The first-order chi connectivity index (χ1) is 9.19. The molecule has 1 saturated carbocycles. The second-order valence-electron chi connectivity index (χ2n) is 5.29. The summed E-state index contributed by atoms with van der Waals surface area (Å²) in [5.74, 6) is 1.49. The van der Waals surface area contributed by atoms with Gasteiger partial charge in [0, 0.05) is 11.5 Å². The number of rotatable bonds is 2. The Bertz CT molecular complexity index is 396. The van der Waals surface area contributed by atoms with Crippen molar-refractivity contribution in [2.45, 2.75) is 48.1 Å². The van der Waals surface area contributed by atoms with E-state index in [4.69, 9.17) is 0 Å². The number of carbonyl (C=O) groups excluding carboxylic acids is 3. The highest BCUT2D eigenvalue weighted by atomic mass is 32.2. The smallest absolute Gasteiger partial charge is 0.244 e. The van der Waals surface area contributed by atoms with Gasteiger partial charge in [-0.05, 0) is 12.8 Å². The van der Waals surface area contributed by atoms with Crippen molar-refractivity contribution in [1.29, 1.82) is 0 Å². The van der Waals surface area contributed by atoms with Crippen LogP contribution in [0, 0.1) is 0 Å². The van der Waals surface area contributed by atoms with Crippen LogP contribution in [0.4, 0.5) is 0 Å². The zero-order chi connectivity index (χ0) is 13.5. The lowest BCUT2D eigenvalue weighted by Crippen LogP contribution is -2.54. The molecule has 3 aliphatic rings. The first-order valence-electron chi connectivity index (χ1n) is 6.70. The molecule has 2 heterocycles. The third kappa shape index (κ3) is 2.03. The van der Waals surface area contributed by atoms with Crippen LogP contribution in [0.25, 0.3) is 0 Å². The molecule has 2 saturated heterocycles. The molecule has 19 heavy (non-hydrogen) atoms. The van der Waals surface area contributed by atoms with Gasteiger partial charge in [0.15, 0.2) is 0 Å². The first kappa shape index (κ1) is 13.5. The molecule has 0 aromatic carbocycles. The molecular formula is C13H16NO3S2. The fraction of sp³-hybridized carbons (Fsp3) is 0.769. The van der Waals surface area contributed by atoms with E-state index in [1.165, 1.54) is 4.90 Å². The van der Waals surface area contributed by atoms with Crippen molar-refractivity contribution >= 4 is 41.6 Å². The van der Waals surface area contributed by atoms with Crippen LogP contribution in [0.2, 0.25) is 0 Å². The van der Waals surface area contributed by atoms with Crippen LogP contribution in [-0.4, -0.2) is 50.5 Å². The fourth-order valence-electron chi connectivity index (χ4n) is 3.22. The van der Waals surface area contributed by atoms with Gasteiger partial charge in [0.2, 0.25) is 18.1 Å². The average molecular weight is 298 g/mol. The number of hydrogen-bond acceptors (Lipinski definition) is 5. The van der Waals surface area contributed by atoms with Crippen LogP contribution in [-0.2, 0) is 14.4 Å². The lowest BCUT2D eigenvalue weighted by Gasteiger charge is -2.38. The number of nitrogens with zero attached hydrogens (tertiary/aromatic N) is 1. The van der Waals surface area contributed by atoms with E-state index < -0.39 is 5.54 Å². The van der Waals surface area contributed by atoms with Crippen molar-refractivity contribution in [3.63, 3.8) is 0 Å². The third-order valence-electron chi connectivity index (χ3n) is 4.18. The monoisotopic (exact) mass is 298 g/mol. The quantitative estimate of drug-likeness (QED) is 0.721. The summed E-state index contributed by atoms with van der Waals surface area (Å²) >= 11 is 3.12. The van der Waals surface area contributed by atoms with E-state index in [1.54, 1.807) is 23.5 Å². The van der Waals surface area contributed by atoms with Gasteiger partial charge in [0.25, 0.3) is 0 Å². The van der Waals surface area contributed by atoms with Gasteiger partial charge in [0.05, 0.1) is 0 Å². The lowest BCUT2D eigenvalue weighted by atomic mass is 9.81. The molecule has 2 atom stereocenters. The second-order valence-corrected chi connectivity index (χ2v) is 7.79. The molecule has 3 rings (SSSR count). The van der Waals surface area contributed by atoms with Crippen molar-refractivity contribution in [1.82, 2.24) is 4.90 Å². The number of carbonyl (C=O) groups is 2. The zero-order valence-corrected chi connectivity index (χ0v) is 12.2. The highest BCUT2D eigenvalue weighted by molar-refractivity contribution is 8.08. The number of amides is 2. The molecule has 0 bridgehead atoms. The van der Waals surface area contributed by atoms with Crippen LogP contribution in [0.1, 0.15) is 32.1 Å². The van der Waals surface area contributed by atoms with Gasteiger partial charge in [-0.1, -0.05) is 19.3 Å². The molecule has 0 aromatic rings. The van der Waals surface area contributed by atoms with Gasteiger partial charge in [-0.25, -0.2) is 0 Å². The molecule has 2 unspecified atom stereocenters. The molecule has 0 spiro atoms. The number of thioether (sulfide) groups is 2. The topological polar surface area (TPSA) is 54.5 Å². The van der Waals surface area contributed by atoms with Crippen LogP contribution in [0.3, 0.4) is 0 Å². The Kier molecular flexibility index (Phi) is 3.64. The van der Waals surface area contributed by atoms with Gasteiger partial charge in [-0.15, -0.1) is 23.5 Å². The Labute approximate surface area is 121 Å². The summed E-state index contributed by atoms with van der Waals surface area (Å²) in [4.78, 5) is 37.8. The summed E-state index contributed by atoms with van der Waals surface area (Å²) in [6.45, 7) is 0. The zero-order valence-electron chi connectivity index (χ0n) is 10.6. The molecule has 2 amide bonds. The summed E-state index contributed by atoms with van der Waals surface area (Å²) in [6.07, 6.45) is 6.06. The molecule has 1 aliphatic carbocycles. The lowest BCUT2D eigenvalue weighted by molar-refractivity contribution is -0.143. The van der Waals surface area contributed by atoms with Crippen molar-refractivity contribution in [3.05, 3.63) is 0 Å². The first-order valence-corrected chi connectivity index (χ1v) is 8.80. The van der Waals surface area contributed by atoms with Crippen LogP contribution < -0.4 is 0 Å². The molecule has 1 radical (unpaired) electrons. The molecular weight excluding hydrogens is 282 g/mol. The van der Waals surface area contributed by atoms with E-state index >= 15 is 0 Å². The Hall–Kier alpha value is -0.490. The van der Waals surface area contributed by atoms with E-state index in [1.807, 2.05) is 6.29 Å². The Morgan fingerprint density at radius 2 is 1.53 bits per heavy atom. The molecule has 4 nitrogen and oxygen atoms in total. The molecule has 0 N–H and O–H groups in total. The highest BCUT2D eigenvalue weighted by Crippen LogP contribution is 2.43. The molecule has 0 aromatic heterocycles. The molecule has 3 fully saturated rings. The third-order valence-corrected chi connectivity index (χ3v) is 7.16. The van der Waals surface area contributed by atoms with Crippen LogP contribution >= 0.6 is 23.5 Å². The summed E-state index contributed by atoms with van der Waals surface area (Å²) in [7, 11) is 0. The van der Waals surface area contributed by atoms with Gasteiger partial charge >= 0.3 is 0 Å². The maximum absolute atomic E-state index is 12.5. The molecule has 6 heteroatoms. The normalized spacial score (nSPS) is 34.2. The van der Waals surface area contributed by atoms with Gasteiger partial charge in [-0.3, -0.25) is 19.3 Å². The van der Waals surface area contributed by atoms with E-state index in [-0.39, 0.29) is 22.3 Å². The summed E-state index contributed by atoms with van der Waals surface area (Å²) in [5, 5.41) is -0.559. The minimum absolute atomic E-state index is 0.155. The van der Waals surface area contributed by atoms with Crippen molar-refractivity contribution in [2.75, 3.05) is 11.5 Å². The number of likely N-dealkylation sites (tertiary alicyclic amines) is 1. The fourth-order valence-corrected chi connectivity index (χ4v) is 6.05. The van der Waals surface area contributed by atoms with Gasteiger partial charge in [-0.2, -0.15) is 0 Å². The van der Waals surface area contributed by atoms with E-state index in [9.17, 15) is 14.4 Å². The van der Waals surface area contributed by atoms with Crippen molar-refractivity contribution < 1.29 is 14.4 Å². The Morgan fingerprint density at radius 1 is 1.00 bits per heavy atom. The van der Waals surface area contributed by atoms with Crippen LogP contribution in [0.5, 0.6) is 0 Å². The highest BCUT2D eigenvalue weighted by Gasteiger charge is 2.57. The number of imide groups is 1. The minimum Gasteiger partial charge on any atom is -0.288 e. The van der Waals surface area contributed by atoms with Gasteiger partial charge in [0.1, 0.15) is 16.0 Å². The van der Waals surface area contributed by atoms with Crippen molar-refractivity contribution in [3.8, 4) is 0 Å². The van der Waals surface area contributed by atoms with Gasteiger partial charge < -0.3 is 0 Å². The summed E-state index contributed by atoms with van der Waals surface area (Å²) in [5.41, 5.74) is -0.967. The number of fused-ring (bicyclic) bond motifs is 1. The second kappa shape index (κ2) is 5.13. The molecule has 2 aliphatic heterocycles. The largest absolute Gasteiger partial charge is 0.288 e. The Morgan fingerprint density at radius 3 is 2.00 bits per heavy atom. The Balaban J connectivity index is 1.92. The standard InChI is InChI=1S/C13H16NO3S2/c15-8-13(4-2-1-3-5-13)14-11(16)9-10(12(14)17)19-7-6-18-9/h9-10H,1-7H2. The number of hydrogen-bond donors (Lipinski definition) is 0. The average Bonchev–Trinajstić information content (AvgIpc) is 2.73. The summed E-state index contributed by atoms with van der Waals surface area (Å²) in [6, 6.07) is 0. The molecule has 103 valence electrons. The van der Waals surface area contributed by atoms with E-state index in [0.717, 1.165) is 30.8 Å². The van der Waals surface area contributed by atoms with E-state index in [0.29, 0.717) is 12.8 Å². The predicted molar refractivity (Wildman–Crippen MR) is 75.9 cm³/mol. The maximum atomic E-state index is 12.5. The minimum atomic E-state index is -0.967. The van der Waals surface area contributed by atoms with Crippen LogP contribution in [0.15, 0.2) is 0 Å². The SMILES string of the molecule is O=[C]C1(N2C(=O)C3SCCSC3C2=O)CCCCC1. The van der Waals surface area contributed by atoms with Crippen molar-refractivity contribution in [2.24, 2.45) is 0 Å². The summed E-state index contributed by atoms with van der Waals surface area (Å²) < 4.78 is 0. The predicted octanol–water partition coefficient (Wildman–Crippen LogP) is 1.38. The maximum Gasteiger partial charge on any atom is 0.244 e.